The molecule has 24 heavy (non-hydrogen) atoms. The molecule has 1 saturated heterocycles. The SMILES string of the molecule is COc1ccc(OC)c(COC[C@@H](O)CN2[C@H](C)CCC[C@@H]2C)c1. The molecule has 0 unspecified atom stereocenters. The topological polar surface area (TPSA) is 51.2 Å². The molecule has 136 valence electrons. The molecule has 0 amide bonds. The van der Waals surface area contributed by atoms with E-state index < -0.39 is 6.10 Å². The Bertz CT molecular complexity index is 498. The molecular weight excluding hydrogens is 306 g/mol. The molecule has 0 bridgehead atoms. The Balaban J connectivity index is 1.83. The van der Waals surface area contributed by atoms with Gasteiger partial charge in [0.05, 0.1) is 33.5 Å². The van der Waals surface area contributed by atoms with Crippen LogP contribution < -0.4 is 9.47 Å². The Labute approximate surface area is 145 Å². The van der Waals surface area contributed by atoms with Crippen LogP contribution >= 0.6 is 0 Å². The molecule has 1 aliphatic heterocycles. The molecular formula is C19H31NO4. The van der Waals surface area contributed by atoms with Gasteiger partial charge in [0.15, 0.2) is 0 Å². The Morgan fingerprint density at radius 2 is 1.88 bits per heavy atom. The van der Waals surface area contributed by atoms with E-state index in [9.17, 15) is 5.11 Å². The van der Waals surface area contributed by atoms with Gasteiger partial charge in [0.2, 0.25) is 0 Å². The lowest BCUT2D eigenvalue weighted by molar-refractivity contribution is -0.0138. The van der Waals surface area contributed by atoms with E-state index in [4.69, 9.17) is 14.2 Å². The summed E-state index contributed by atoms with van der Waals surface area (Å²) in [5.74, 6) is 1.54. The number of aliphatic hydroxyl groups is 1. The summed E-state index contributed by atoms with van der Waals surface area (Å²) in [6.07, 6.45) is 3.21. The number of rotatable bonds is 8. The number of nitrogens with zero attached hydrogens (tertiary/aromatic N) is 1. The molecule has 1 fully saturated rings. The Morgan fingerprint density at radius 1 is 1.17 bits per heavy atom. The summed E-state index contributed by atoms with van der Waals surface area (Å²) >= 11 is 0. The van der Waals surface area contributed by atoms with Gasteiger partial charge in [-0.05, 0) is 44.9 Å². The molecule has 5 nitrogen and oxygen atoms in total. The zero-order valence-electron chi connectivity index (χ0n) is 15.3. The normalized spacial score (nSPS) is 23.0. The maximum absolute atomic E-state index is 10.3. The second-order valence-corrected chi connectivity index (χ2v) is 6.67. The summed E-state index contributed by atoms with van der Waals surface area (Å²) in [6.45, 7) is 5.85. The van der Waals surface area contributed by atoms with Crippen molar-refractivity contribution < 1.29 is 19.3 Å². The molecule has 0 saturated carbocycles. The van der Waals surface area contributed by atoms with Crippen LogP contribution in [-0.4, -0.2) is 55.6 Å². The molecule has 1 heterocycles. The highest BCUT2D eigenvalue weighted by Gasteiger charge is 2.26. The Hall–Kier alpha value is -1.30. The van der Waals surface area contributed by atoms with Gasteiger partial charge < -0.3 is 19.3 Å². The van der Waals surface area contributed by atoms with Gasteiger partial charge in [0.1, 0.15) is 11.5 Å². The zero-order valence-corrected chi connectivity index (χ0v) is 15.3. The summed E-state index contributed by atoms with van der Waals surface area (Å²) < 4.78 is 16.3. The van der Waals surface area contributed by atoms with E-state index in [2.05, 4.69) is 18.7 Å². The molecule has 0 spiro atoms. The van der Waals surface area contributed by atoms with Crippen LogP contribution in [0.25, 0.3) is 0 Å². The smallest absolute Gasteiger partial charge is 0.124 e. The summed E-state index contributed by atoms with van der Waals surface area (Å²) in [5, 5.41) is 10.3. The van der Waals surface area contributed by atoms with Crippen molar-refractivity contribution in [3.05, 3.63) is 23.8 Å². The van der Waals surface area contributed by atoms with Gasteiger partial charge >= 0.3 is 0 Å². The number of piperidine rings is 1. The summed E-state index contributed by atoms with van der Waals surface area (Å²) in [7, 11) is 3.27. The van der Waals surface area contributed by atoms with Crippen molar-refractivity contribution in [2.45, 2.75) is 57.9 Å². The van der Waals surface area contributed by atoms with Crippen LogP contribution in [0.15, 0.2) is 18.2 Å². The average Bonchev–Trinajstić information content (AvgIpc) is 2.58. The maximum Gasteiger partial charge on any atom is 0.124 e. The van der Waals surface area contributed by atoms with Crippen LogP contribution in [0.3, 0.4) is 0 Å². The zero-order chi connectivity index (χ0) is 17.5. The third-order valence-electron chi connectivity index (χ3n) is 4.85. The number of methoxy groups -OCH3 is 2. The highest BCUT2D eigenvalue weighted by molar-refractivity contribution is 5.39. The average molecular weight is 337 g/mol. The van der Waals surface area contributed by atoms with E-state index in [1.54, 1.807) is 14.2 Å². The standard InChI is InChI=1S/C19H31NO4/c1-14-6-5-7-15(2)20(14)11-17(21)13-24-12-16-10-18(22-3)8-9-19(16)23-4/h8-10,14-15,17,21H,5-7,11-13H2,1-4H3/t14-,15+,17-/m0/s1. The fraction of sp³-hybridized carbons (Fsp3) is 0.684. The number of hydrogen-bond donors (Lipinski definition) is 1. The summed E-state index contributed by atoms with van der Waals surface area (Å²) in [5.41, 5.74) is 0.920. The van der Waals surface area contributed by atoms with Crippen LogP contribution in [0.2, 0.25) is 0 Å². The van der Waals surface area contributed by atoms with E-state index in [0.717, 1.165) is 17.1 Å². The van der Waals surface area contributed by atoms with Crippen molar-refractivity contribution in [2.75, 3.05) is 27.4 Å². The van der Waals surface area contributed by atoms with Gasteiger partial charge in [-0.2, -0.15) is 0 Å². The fourth-order valence-electron chi connectivity index (χ4n) is 3.43. The minimum atomic E-state index is -0.482. The van der Waals surface area contributed by atoms with Crippen LogP contribution in [0.5, 0.6) is 11.5 Å². The first-order valence-electron chi connectivity index (χ1n) is 8.77. The molecule has 2 rings (SSSR count). The summed E-state index contributed by atoms with van der Waals surface area (Å²) in [4.78, 5) is 2.39. The van der Waals surface area contributed by atoms with Crippen molar-refractivity contribution in [2.24, 2.45) is 0 Å². The Morgan fingerprint density at radius 3 is 2.50 bits per heavy atom. The van der Waals surface area contributed by atoms with Crippen LogP contribution in [0, 0.1) is 0 Å². The monoisotopic (exact) mass is 337 g/mol. The second kappa shape index (κ2) is 9.25. The first kappa shape index (κ1) is 19.0. The molecule has 1 aliphatic rings. The lowest BCUT2D eigenvalue weighted by Crippen LogP contribution is -2.48. The molecule has 0 radical (unpaired) electrons. The van der Waals surface area contributed by atoms with E-state index in [-0.39, 0.29) is 0 Å². The van der Waals surface area contributed by atoms with Crippen molar-refractivity contribution in [3.63, 3.8) is 0 Å². The largest absolute Gasteiger partial charge is 0.497 e. The van der Waals surface area contributed by atoms with E-state index >= 15 is 0 Å². The van der Waals surface area contributed by atoms with E-state index in [0.29, 0.717) is 31.8 Å². The van der Waals surface area contributed by atoms with Crippen LogP contribution in [0.1, 0.15) is 38.7 Å². The van der Waals surface area contributed by atoms with Gasteiger partial charge in [-0.25, -0.2) is 0 Å². The molecule has 0 aliphatic carbocycles. The highest BCUT2D eigenvalue weighted by Crippen LogP contribution is 2.25. The number of benzene rings is 1. The molecule has 1 N–H and O–H groups in total. The quantitative estimate of drug-likeness (QED) is 0.790. The molecule has 1 aromatic carbocycles. The highest BCUT2D eigenvalue weighted by atomic mass is 16.5. The Kier molecular flexibility index (Phi) is 7.34. The van der Waals surface area contributed by atoms with Gasteiger partial charge in [0.25, 0.3) is 0 Å². The second-order valence-electron chi connectivity index (χ2n) is 6.67. The van der Waals surface area contributed by atoms with Crippen LogP contribution in [-0.2, 0) is 11.3 Å². The number of aliphatic hydroxyl groups excluding tert-OH is 1. The maximum atomic E-state index is 10.3. The number of hydrogen-bond acceptors (Lipinski definition) is 5. The minimum absolute atomic E-state index is 0.316. The molecule has 5 heteroatoms. The predicted octanol–water partition coefficient (Wildman–Crippen LogP) is 2.84. The first-order chi connectivity index (χ1) is 11.5. The molecule has 0 aromatic heterocycles. The number of ether oxygens (including phenoxy) is 3. The van der Waals surface area contributed by atoms with Crippen molar-refractivity contribution in [3.8, 4) is 11.5 Å². The summed E-state index contributed by atoms with van der Waals surface area (Å²) in [6, 6.07) is 6.69. The lowest BCUT2D eigenvalue weighted by atomic mass is 9.97. The van der Waals surface area contributed by atoms with Gasteiger partial charge in [-0.1, -0.05) is 6.42 Å². The number of β-amino-alcohol motifs (C(OH)–C–C–N with tert-alkyl or cyclic N) is 1. The lowest BCUT2D eigenvalue weighted by Gasteiger charge is -2.40. The minimum Gasteiger partial charge on any atom is -0.497 e. The van der Waals surface area contributed by atoms with Gasteiger partial charge in [-0.3, -0.25) is 4.90 Å². The molecule has 1 aromatic rings. The van der Waals surface area contributed by atoms with Crippen molar-refractivity contribution in [1.82, 2.24) is 4.90 Å². The predicted molar refractivity (Wildman–Crippen MR) is 94.7 cm³/mol. The third kappa shape index (κ3) is 5.10. The first-order valence-corrected chi connectivity index (χ1v) is 8.77. The molecule has 3 atom stereocenters. The van der Waals surface area contributed by atoms with Crippen molar-refractivity contribution in [1.29, 1.82) is 0 Å². The van der Waals surface area contributed by atoms with Gasteiger partial charge in [-0.15, -0.1) is 0 Å². The number of likely N-dealkylation sites (tertiary alicyclic amines) is 1. The van der Waals surface area contributed by atoms with E-state index in [1.807, 2.05) is 18.2 Å². The van der Waals surface area contributed by atoms with E-state index in [1.165, 1.54) is 19.3 Å². The van der Waals surface area contributed by atoms with Crippen LogP contribution in [0.4, 0.5) is 0 Å². The third-order valence-corrected chi connectivity index (χ3v) is 4.85. The van der Waals surface area contributed by atoms with Crippen molar-refractivity contribution >= 4 is 0 Å². The van der Waals surface area contributed by atoms with Gasteiger partial charge in [0, 0.05) is 24.2 Å². The fourth-order valence-corrected chi connectivity index (χ4v) is 3.43.